The summed E-state index contributed by atoms with van der Waals surface area (Å²) >= 11 is 0. The first kappa shape index (κ1) is 34.1. The Balaban J connectivity index is 1.69. The summed E-state index contributed by atoms with van der Waals surface area (Å²) in [4.78, 5) is 28.8. The van der Waals surface area contributed by atoms with E-state index in [-0.39, 0.29) is 29.0 Å². The van der Waals surface area contributed by atoms with Crippen LogP contribution in [-0.4, -0.2) is 51.4 Å². The topological polar surface area (TPSA) is 105 Å². The lowest BCUT2D eigenvalue weighted by Gasteiger charge is -2.32. The quantitative estimate of drug-likeness (QED) is 0.176. The Kier molecular flexibility index (Phi) is 11.4. The smallest absolute Gasteiger partial charge is 0.264 e. The number of para-hydroxylation sites is 1. The van der Waals surface area contributed by atoms with Gasteiger partial charge in [0.15, 0.2) is 0 Å². The lowest BCUT2D eigenvalue weighted by atomic mass is 10.1. The Bertz CT molecular complexity index is 1690. The Hall–Kier alpha value is -4.83. The summed E-state index contributed by atoms with van der Waals surface area (Å²) < 4.78 is 40.5. The van der Waals surface area contributed by atoms with Crippen LogP contribution < -0.4 is 19.1 Å². The second-order valence-corrected chi connectivity index (χ2v) is 13.3. The minimum atomic E-state index is -4.19. The second-order valence-electron chi connectivity index (χ2n) is 11.4. The minimum Gasteiger partial charge on any atom is -0.497 e. The van der Waals surface area contributed by atoms with E-state index in [4.69, 9.17) is 9.47 Å². The van der Waals surface area contributed by atoms with Crippen molar-refractivity contribution in [3.8, 4) is 17.2 Å². The molecular weight excluding hydrogens is 602 g/mol. The maximum atomic E-state index is 14.2. The van der Waals surface area contributed by atoms with E-state index < -0.39 is 28.5 Å². The van der Waals surface area contributed by atoms with Crippen LogP contribution in [-0.2, 0) is 26.2 Å². The number of nitrogens with one attached hydrogen (secondary N) is 1. The van der Waals surface area contributed by atoms with E-state index in [1.165, 1.54) is 17.0 Å². The number of carbonyl (C=O) groups excluding carboxylic acids is 2. The van der Waals surface area contributed by atoms with Crippen molar-refractivity contribution in [1.82, 2.24) is 10.2 Å². The monoisotopic (exact) mass is 643 g/mol. The van der Waals surface area contributed by atoms with E-state index in [1.807, 2.05) is 63.2 Å². The van der Waals surface area contributed by atoms with Gasteiger partial charge in [0.1, 0.15) is 29.8 Å². The fraction of sp³-hybridized carbons (Fsp3) is 0.278. The molecule has 0 aliphatic heterocycles. The fourth-order valence-electron chi connectivity index (χ4n) is 4.63. The van der Waals surface area contributed by atoms with Crippen LogP contribution in [0.1, 0.15) is 31.9 Å². The predicted octanol–water partition coefficient (Wildman–Crippen LogP) is 6.18. The van der Waals surface area contributed by atoms with Gasteiger partial charge in [0.2, 0.25) is 11.8 Å². The molecule has 0 aliphatic rings. The largest absolute Gasteiger partial charge is 0.497 e. The first-order chi connectivity index (χ1) is 22.0. The molecule has 0 saturated carbocycles. The van der Waals surface area contributed by atoms with Crippen molar-refractivity contribution in [3.63, 3.8) is 0 Å². The third kappa shape index (κ3) is 8.88. The van der Waals surface area contributed by atoms with Gasteiger partial charge in [-0.1, -0.05) is 61.9 Å². The molecule has 242 valence electrons. The number of rotatable bonds is 14. The highest BCUT2D eigenvalue weighted by Crippen LogP contribution is 2.29. The van der Waals surface area contributed by atoms with Crippen LogP contribution in [0.5, 0.6) is 17.2 Å². The number of hydrogen-bond donors (Lipinski definition) is 1. The summed E-state index contributed by atoms with van der Waals surface area (Å²) in [5.74, 6) is 1.14. The Morgan fingerprint density at radius 1 is 0.783 bits per heavy atom. The molecule has 0 aliphatic carbocycles. The van der Waals surface area contributed by atoms with E-state index in [0.29, 0.717) is 23.8 Å². The second kappa shape index (κ2) is 15.4. The summed E-state index contributed by atoms with van der Waals surface area (Å²) in [7, 11) is -2.63. The maximum Gasteiger partial charge on any atom is 0.264 e. The van der Waals surface area contributed by atoms with Gasteiger partial charge >= 0.3 is 0 Å². The van der Waals surface area contributed by atoms with Gasteiger partial charge in [-0.15, -0.1) is 0 Å². The first-order valence-electron chi connectivity index (χ1n) is 15.1. The Morgan fingerprint density at radius 3 is 1.96 bits per heavy atom. The molecule has 0 fully saturated rings. The molecule has 0 heterocycles. The standard InChI is InChI=1S/C36H41N3O6S/c1-26(2)23-37-36(41)28(4)38(24-29-13-17-31(44-5)18-14-29)35(40)25-39(46(42,43)34-21-11-27(3)12-22-34)30-15-19-33(20-16-30)45-32-9-7-6-8-10-32/h6-22,26,28H,23-25H2,1-5H3,(H,37,41)/t28-/m1/s1. The van der Waals surface area contributed by atoms with E-state index in [9.17, 15) is 18.0 Å². The molecule has 0 radical (unpaired) electrons. The van der Waals surface area contributed by atoms with Gasteiger partial charge < -0.3 is 19.7 Å². The average molecular weight is 644 g/mol. The van der Waals surface area contributed by atoms with Crippen LogP contribution >= 0.6 is 0 Å². The van der Waals surface area contributed by atoms with Crippen LogP contribution in [0.3, 0.4) is 0 Å². The molecular formula is C36H41N3O6S. The molecule has 4 aromatic rings. The third-order valence-electron chi connectivity index (χ3n) is 7.36. The molecule has 1 atom stereocenters. The van der Waals surface area contributed by atoms with Gasteiger partial charge in [-0.2, -0.15) is 0 Å². The summed E-state index contributed by atoms with van der Waals surface area (Å²) in [5.41, 5.74) is 1.93. The highest BCUT2D eigenvalue weighted by Gasteiger charge is 2.32. The number of carbonyl (C=O) groups is 2. The zero-order chi connectivity index (χ0) is 33.3. The van der Waals surface area contributed by atoms with Gasteiger partial charge in [-0.05, 0) is 86.0 Å². The summed E-state index contributed by atoms with van der Waals surface area (Å²) in [6, 6.07) is 28.5. The number of ether oxygens (including phenoxy) is 2. The van der Waals surface area contributed by atoms with Crippen molar-refractivity contribution >= 4 is 27.5 Å². The molecule has 0 bridgehead atoms. The normalized spacial score (nSPS) is 11.9. The Labute approximate surface area is 271 Å². The predicted molar refractivity (Wildman–Crippen MR) is 180 cm³/mol. The van der Waals surface area contributed by atoms with E-state index in [1.54, 1.807) is 62.6 Å². The summed E-state index contributed by atoms with van der Waals surface area (Å²) in [6.45, 7) is 7.47. The van der Waals surface area contributed by atoms with Crippen molar-refractivity contribution in [2.24, 2.45) is 5.92 Å². The molecule has 0 saturated heterocycles. The molecule has 1 N–H and O–H groups in total. The SMILES string of the molecule is COc1ccc(CN(C(=O)CN(c2ccc(Oc3ccccc3)cc2)S(=O)(=O)c2ccc(C)cc2)[C@H](C)C(=O)NCC(C)C)cc1. The zero-order valence-electron chi connectivity index (χ0n) is 26.8. The van der Waals surface area contributed by atoms with Crippen molar-refractivity contribution in [1.29, 1.82) is 0 Å². The van der Waals surface area contributed by atoms with Crippen molar-refractivity contribution in [2.75, 3.05) is 24.5 Å². The number of methoxy groups -OCH3 is 1. The molecule has 4 aromatic carbocycles. The Morgan fingerprint density at radius 2 is 1.37 bits per heavy atom. The number of hydrogen-bond acceptors (Lipinski definition) is 6. The van der Waals surface area contributed by atoms with Gasteiger partial charge in [0.05, 0.1) is 17.7 Å². The van der Waals surface area contributed by atoms with Crippen molar-refractivity contribution in [3.05, 3.63) is 114 Å². The molecule has 0 unspecified atom stereocenters. The molecule has 9 nitrogen and oxygen atoms in total. The summed E-state index contributed by atoms with van der Waals surface area (Å²) in [5, 5.41) is 2.90. The van der Waals surface area contributed by atoms with Crippen molar-refractivity contribution < 1.29 is 27.5 Å². The highest BCUT2D eigenvalue weighted by atomic mass is 32.2. The molecule has 10 heteroatoms. The summed E-state index contributed by atoms with van der Waals surface area (Å²) in [6.07, 6.45) is 0. The number of aryl methyl sites for hydroxylation is 1. The van der Waals surface area contributed by atoms with E-state index in [0.717, 1.165) is 15.4 Å². The molecule has 0 spiro atoms. The molecule has 46 heavy (non-hydrogen) atoms. The van der Waals surface area contributed by atoms with Gasteiger partial charge in [0, 0.05) is 13.1 Å². The molecule has 2 amide bonds. The van der Waals surface area contributed by atoms with Crippen LogP contribution in [0.25, 0.3) is 0 Å². The average Bonchev–Trinajstić information content (AvgIpc) is 3.06. The molecule has 0 aromatic heterocycles. The lowest BCUT2D eigenvalue weighted by Crippen LogP contribution is -2.51. The number of amides is 2. The number of nitrogens with zero attached hydrogens (tertiary/aromatic N) is 2. The minimum absolute atomic E-state index is 0.0416. The van der Waals surface area contributed by atoms with Gasteiger partial charge in [-0.3, -0.25) is 13.9 Å². The first-order valence-corrected chi connectivity index (χ1v) is 16.5. The van der Waals surface area contributed by atoms with Gasteiger partial charge in [-0.25, -0.2) is 8.42 Å². The van der Waals surface area contributed by atoms with Crippen LogP contribution in [0.15, 0.2) is 108 Å². The number of benzene rings is 4. The zero-order valence-corrected chi connectivity index (χ0v) is 27.7. The lowest BCUT2D eigenvalue weighted by molar-refractivity contribution is -0.139. The van der Waals surface area contributed by atoms with Crippen LogP contribution in [0, 0.1) is 12.8 Å². The van der Waals surface area contributed by atoms with E-state index >= 15 is 0 Å². The van der Waals surface area contributed by atoms with Crippen LogP contribution in [0.4, 0.5) is 5.69 Å². The molecule has 4 rings (SSSR count). The number of anilines is 1. The fourth-order valence-corrected chi connectivity index (χ4v) is 6.05. The van der Waals surface area contributed by atoms with E-state index in [2.05, 4.69) is 5.32 Å². The highest BCUT2D eigenvalue weighted by molar-refractivity contribution is 7.92. The van der Waals surface area contributed by atoms with Gasteiger partial charge in [0.25, 0.3) is 10.0 Å². The van der Waals surface area contributed by atoms with Crippen LogP contribution in [0.2, 0.25) is 0 Å². The number of sulfonamides is 1. The third-order valence-corrected chi connectivity index (χ3v) is 9.14. The van der Waals surface area contributed by atoms with Crippen molar-refractivity contribution in [2.45, 2.75) is 45.2 Å². The maximum absolute atomic E-state index is 14.2.